The fourth-order valence-electron chi connectivity index (χ4n) is 4.18. The molecular weight excluding hydrogens is 517 g/mol. The Kier molecular flexibility index (Phi) is 10.8. The molecular formula is C28H36BN3O8. The van der Waals surface area contributed by atoms with Gasteiger partial charge in [0.25, 0.3) is 5.91 Å². The summed E-state index contributed by atoms with van der Waals surface area (Å²) in [6.45, 7) is 8.57. The molecule has 1 aliphatic heterocycles. The average Bonchev–Trinajstić information content (AvgIpc) is 3.26. The van der Waals surface area contributed by atoms with Crippen LogP contribution in [0.3, 0.4) is 0 Å². The van der Waals surface area contributed by atoms with Crippen molar-refractivity contribution in [1.29, 1.82) is 0 Å². The van der Waals surface area contributed by atoms with E-state index in [1.54, 1.807) is 26.0 Å². The van der Waals surface area contributed by atoms with Gasteiger partial charge in [-0.25, -0.2) is 4.98 Å². The van der Waals surface area contributed by atoms with E-state index >= 15 is 0 Å². The van der Waals surface area contributed by atoms with E-state index < -0.39 is 55.1 Å². The number of carbonyl (C=O) groups is 4. The van der Waals surface area contributed by atoms with Gasteiger partial charge in [-0.3, -0.25) is 19.2 Å². The summed E-state index contributed by atoms with van der Waals surface area (Å²) in [5, 5.41) is 15.7. The second kappa shape index (κ2) is 14.0. The summed E-state index contributed by atoms with van der Waals surface area (Å²) in [4.78, 5) is 55.1. The van der Waals surface area contributed by atoms with Crippen LogP contribution in [0, 0.1) is 5.92 Å². The van der Waals surface area contributed by atoms with Crippen LogP contribution in [0.5, 0.6) is 0 Å². The first-order valence-corrected chi connectivity index (χ1v) is 13.3. The van der Waals surface area contributed by atoms with Crippen LogP contribution in [0.15, 0.2) is 48.5 Å². The van der Waals surface area contributed by atoms with Crippen molar-refractivity contribution < 1.29 is 38.3 Å². The highest BCUT2D eigenvalue weighted by Gasteiger charge is 2.47. The zero-order valence-electron chi connectivity index (χ0n) is 23.3. The molecule has 2 heterocycles. The van der Waals surface area contributed by atoms with Gasteiger partial charge in [0, 0.05) is 5.56 Å². The summed E-state index contributed by atoms with van der Waals surface area (Å²) >= 11 is 0. The largest absolute Gasteiger partial charge is 0.552 e. The number of hydrogen-bond donors (Lipinski definition) is 3. The Labute approximate surface area is 234 Å². The highest BCUT2D eigenvalue weighted by Crippen LogP contribution is 2.21. The van der Waals surface area contributed by atoms with Crippen LogP contribution >= 0.6 is 0 Å². The fraction of sp³-hybridized carbons (Fsp3) is 0.464. The Bertz CT molecular complexity index is 1190. The van der Waals surface area contributed by atoms with Crippen LogP contribution in [-0.2, 0) is 28.4 Å². The summed E-state index contributed by atoms with van der Waals surface area (Å²) in [5.74, 6) is -3.44. The Hall–Kier alpha value is -3.77. The van der Waals surface area contributed by atoms with Crippen molar-refractivity contribution in [2.75, 3.05) is 0 Å². The number of aliphatic hydroxyl groups is 1. The van der Waals surface area contributed by atoms with E-state index in [4.69, 9.17) is 14.0 Å². The van der Waals surface area contributed by atoms with Crippen molar-refractivity contribution in [2.45, 2.75) is 77.8 Å². The third-order valence-corrected chi connectivity index (χ3v) is 6.00. The lowest BCUT2D eigenvalue weighted by molar-refractivity contribution is -0.152. The molecule has 1 unspecified atom stereocenters. The monoisotopic (exact) mass is 553 g/mol. The highest BCUT2D eigenvalue weighted by molar-refractivity contribution is 6.51. The van der Waals surface area contributed by atoms with E-state index in [9.17, 15) is 24.3 Å². The van der Waals surface area contributed by atoms with Gasteiger partial charge in [0.2, 0.25) is 5.91 Å². The normalized spacial score (nSPS) is 17.2. The summed E-state index contributed by atoms with van der Waals surface area (Å²) in [6, 6.07) is 12.9. The first-order chi connectivity index (χ1) is 18.9. The van der Waals surface area contributed by atoms with Crippen molar-refractivity contribution in [3.8, 4) is 11.3 Å². The average molecular weight is 553 g/mol. The Balaban J connectivity index is 1.70. The van der Waals surface area contributed by atoms with Crippen LogP contribution < -0.4 is 10.6 Å². The van der Waals surface area contributed by atoms with Gasteiger partial charge in [-0.1, -0.05) is 50.2 Å². The minimum atomic E-state index is -1.33. The molecule has 1 aliphatic rings. The number of nitrogens with zero attached hydrogens (tertiary/aromatic N) is 1. The van der Waals surface area contributed by atoms with Gasteiger partial charge in [0.15, 0.2) is 6.10 Å². The Morgan fingerprint density at radius 2 is 1.73 bits per heavy atom. The summed E-state index contributed by atoms with van der Waals surface area (Å²) in [5.41, 5.74) is 1.47. The predicted molar refractivity (Wildman–Crippen MR) is 147 cm³/mol. The van der Waals surface area contributed by atoms with Crippen molar-refractivity contribution in [3.05, 3.63) is 54.2 Å². The minimum Gasteiger partial charge on any atom is -0.506 e. The number of aromatic nitrogens is 1. The number of pyridine rings is 1. The van der Waals surface area contributed by atoms with E-state index in [-0.39, 0.29) is 24.1 Å². The molecule has 3 rings (SSSR count). The number of amides is 2. The lowest BCUT2D eigenvalue weighted by Gasteiger charge is -2.26. The van der Waals surface area contributed by atoms with Gasteiger partial charge in [0.05, 0.1) is 30.3 Å². The zero-order chi connectivity index (χ0) is 29.4. The minimum absolute atomic E-state index is 0.0575. The maximum absolute atomic E-state index is 13.3. The number of carbonyl (C=O) groups excluding carboxylic acids is 4. The molecule has 40 heavy (non-hydrogen) atoms. The van der Waals surface area contributed by atoms with Gasteiger partial charge >= 0.3 is 19.1 Å². The molecule has 3 N–H and O–H groups in total. The molecule has 12 heteroatoms. The summed E-state index contributed by atoms with van der Waals surface area (Å²) in [7, 11) is -1.16. The number of rotatable bonds is 12. The number of aliphatic hydroxyl groups excluding tert-OH is 1. The lowest BCUT2D eigenvalue weighted by Crippen LogP contribution is -2.57. The number of nitrogens with one attached hydrogen (secondary N) is 2. The van der Waals surface area contributed by atoms with Gasteiger partial charge in [-0.05, 0) is 45.2 Å². The maximum Gasteiger partial charge on any atom is 0.552 e. The molecule has 1 fully saturated rings. The molecule has 1 aromatic heterocycles. The first-order valence-electron chi connectivity index (χ1n) is 13.3. The van der Waals surface area contributed by atoms with Gasteiger partial charge in [0.1, 0.15) is 11.7 Å². The first kappa shape index (κ1) is 30.8. The van der Waals surface area contributed by atoms with E-state index in [0.717, 1.165) is 5.56 Å². The molecule has 4 atom stereocenters. The topological polar surface area (TPSA) is 153 Å². The number of ether oxygens (including phenoxy) is 1. The summed E-state index contributed by atoms with van der Waals surface area (Å²) < 4.78 is 16.1. The Morgan fingerprint density at radius 3 is 2.35 bits per heavy atom. The third kappa shape index (κ3) is 8.62. The van der Waals surface area contributed by atoms with Crippen molar-refractivity contribution in [2.24, 2.45) is 5.92 Å². The second-order valence-corrected chi connectivity index (χ2v) is 10.4. The molecule has 0 aliphatic carbocycles. The molecule has 2 amide bonds. The molecule has 2 aromatic rings. The van der Waals surface area contributed by atoms with E-state index in [1.807, 2.05) is 44.2 Å². The van der Waals surface area contributed by atoms with E-state index in [1.165, 1.54) is 13.0 Å². The Morgan fingerprint density at radius 1 is 1.02 bits per heavy atom. The second-order valence-electron chi connectivity index (χ2n) is 10.4. The number of hydrogen-bond acceptors (Lipinski definition) is 9. The van der Waals surface area contributed by atoms with Crippen molar-refractivity contribution in [3.63, 3.8) is 0 Å². The van der Waals surface area contributed by atoms with Gasteiger partial charge in [-0.15, -0.1) is 0 Å². The van der Waals surface area contributed by atoms with Crippen LogP contribution in [0.25, 0.3) is 11.3 Å². The van der Waals surface area contributed by atoms with Crippen LogP contribution in [-0.4, -0.2) is 71.3 Å². The summed E-state index contributed by atoms with van der Waals surface area (Å²) in [6.07, 6.45) is -2.74. The molecule has 0 radical (unpaired) electrons. The molecule has 11 nitrogen and oxygen atoms in total. The van der Waals surface area contributed by atoms with Crippen LogP contribution in [0.2, 0.25) is 0 Å². The van der Waals surface area contributed by atoms with Crippen molar-refractivity contribution >= 4 is 30.9 Å². The number of benzene rings is 1. The zero-order valence-corrected chi connectivity index (χ0v) is 23.3. The van der Waals surface area contributed by atoms with Crippen LogP contribution in [0.4, 0.5) is 0 Å². The molecule has 1 saturated heterocycles. The van der Waals surface area contributed by atoms with E-state index in [0.29, 0.717) is 12.1 Å². The highest BCUT2D eigenvalue weighted by atomic mass is 16.7. The third-order valence-electron chi connectivity index (χ3n) is 6.00. The van der Waals surface area contributed by atoms with Crippen LogP contribution in [0.1, 0.15) is 57.9 Å². The fourth-order valence-corrected chi connectivity index (χ4v) is 4.18. The molecule has 0 spiro atoms. The predicted octanol–water partition coefficient (Wildman–Crippen LogP) is 2.07. The standard InChI is InChI=1S/C28H36BN3O8/c1-16(2)14-23(29-39-22(28(37)40-29)15-24(34)38-17(3)4)31-27(36)25(18(5)33)32-26(35)21-13-9-12-20(30-21)19-10-7-6-8-11-19/h6-13,16-18,22-23,25,33H,14-15H2,1-5H3,(H,31,36)(H,32,35)/t18-,22?,23+,25+/m1/s1. The quantitative estimate of drug-likeness (QED) is 0.265. The van der Waals surface area contributed by atoms with E-state index in [2.05, 4.69) is 15.6 Å². The maximum atomic E-state index is 13.3. The smallest absolute Gasteiger partial charge is 0.506 e. The molecule has 1 aromatic carbocycles. The number of esters is 1. The van der Waals surface area contributed by atoms with Gasteiger partial charge < -0.3 is 29.8 Å². The molecule has 0 bridgehead atoms. The molecule has 0 saturated carbocycles. The molecule has 214 valence electrons. The van der Waals surface area contributed by atoms with Gasteiger partial charge in [-0.2, -0.15) is 0 Å². The SMILES string of the molecule is CC(C)C[C@H](NC(=O)[C@@H](NC(=O)c1cccc(-c2ccccc2)n1)[C@@H](C)O)B1OC(=O)C(CC(=O)OC(C)C)O1. The lowest BCUT2D eigenvalue weighted by atomic mass is 9.74. The van der Waals surface area contributed by atoms with Crippen molar-refractivity contribution in [1.82, 2.24) is 15.6 Å².